The van der Waals surface area contributed by atoms with E-state index in [1.807, 2.05) is 53.4 Å². The summed E-state index contributed by atoms with van der Waals surface area (Å²) in [6, 6.07) is 15.4. The summed E-state index contributed by atoms with van der Waals surface area (Å²) < 4.78 is 5.47. The number of anilines is 2. The zero-order valence-electron chi connectivity index (χ0n) is 17.0. The van der Waals surface area contributed by atoms with Gasteiger partial charge in [0, 0.05) is 39.1 Å². The summed E-state index contributed by atoms with van der Waals surface area (Å²) in [7, 11) is 3.45. The van der Waals surface area contributed by atoms with Crippen molar-refractivity contribution < 1.29 is 14.3 Å². The molecule has 0 radical (unpaired) electrons. The molecule has 6 heteroatoms. The van der Waals surface area contributed by atoms with Gasteiger partial charge in [0.25, 0.3) is 5.91 Å². The summed E-state index contributed by atoms with van der Waals surface area (Å²) in [5.41, 5.74) is 2.34. The number of amides is 2. The maximum Gasteiger partial charge on any atom is 0.256 e. The predicted octanol–water partition coefficient (Wildman–Crippen LogP) is 3.03. The lowest BCUT2D eigenvalue weighted by Crippen LogP contribution is -2.49. The van der Waals surface area contributed by atoms with Crippen LogP contribution in [-0.2, 0) is 4.79 Å². The van der Waals surface area contributed by atoms with Gasteiger partial charge in [0.15, 0.2) is 0 Å². The number of nitrogens with zero attached hydrogens (tertiary/aromatic N) is 3. The Labute approximate surface area is 171 Å². The molecule has 152 valence electrons. The lowest BCUT2D eigenvalue weighted by Gasteiger charge is -2.37. The number of methoxy groups -OCH3 is 1. The van der Waals surface area contributed by atoms with Crippen LogP contribution in [0.2, 0.25) is 0 Å². The SMILES string of the molecule is COc1ccccc1N1CCN(C(=O)c2ccccc2N(C)C(=O)C2CC2)CC1. The highest BCUT2D eigenvalue weighted by Crippen LogP contribution is 2.33. The molecule has 1 aliphatic carbocycles. The van der Waals surface area contributed by atoms with Crippen molar-refractivity contribution >= 4 is 23.2 Å². The van der Waals surface area contributed by atoms with E-state index in [1.165, 1.54) is 0 Å². The molecule has 4 rings (SSSR count). The minimum absolute atomic E-state index is 0.0178. The first-order valence-electron chi connectivity index (χ1n) is 10.1. The van der Waals surface area contributed by atoms with Crippen LogP contribution >= 0.6 is 0 Å². The largest absolute Gasteiger partial charge is 0.495 e. The molecular formula is C23H27N3O3. The molecule has 2 aliphatic rings. The fraction of sp³-hybridized carbons (Fsp3) is 0.391. The lowest BCUT2D eigenvalue weighted by molar-refractivity contribution is -0.119. The topological polar surface area (TPSA) is 53.1 Å². The Morgan fingerprint density at radius 1 is 0.966 bits per heavy atom. The fourth-order valence-electron chi connectivity index (χ4n) is 3.88. The first kappa shape index (κ1) is 19.3. The highest BCUT2D eigenvalue weighted by atomic mass is 16.5. The highest BCUT2D eigenvalue weighted by Gasteiger charge is 2.34. The van der Waals surface area contributed by atoms with E-state index < -0.39 is 0 Å². The number of benzene rings is 2. The summed E-state index contributed by atoms with van der Waals surface area (Å²) in [5, 5.41) is 0. The van der Waals surface area contributed by atoms with E-state index in [1.54, 1.807) is 19.1 Å². The van der Waals surface area contributed by atoms with E-state index in [2.05, 4.69) is 4.90 Å². The monoisotopic (exact) mass is 393 g/mol. The van der Waals surface area contributed by atoms with Gasteiger partial charge in [-0.25, -0.2) is 0 Å². The molecule has 6 nitrogen and oxygen atoms in total. The molecular weight excluding hydrogens is 366 g/mol. The van der Waals surface area contributed by atoms with Crippen LogP contribution in [0.15, 0.2) is 48.5 Å². The van der Waals surface area contributed by atoms with Gasteiger partial charge in [-0.2, -0.15) is 0 Å². The quantitative estimate of drug-likeness (QED) is 0.784. The minimum Gasteiger partial charge on any atom is -0.495 e. The molecule has 2 amide bonds. The molecule has 0 N–H and O–H groups in total. The first-order valence-corrected chi connectivity index (χ1v) is 10.1. The van der Waals surface area contributed by atoms with Crippen molar-refractivity contribution in [1.29, 1.82) is 0 Å². The van der Waals surface area contributed by atoms with Crippen LogP contribution < -0.4 is 14.5 Å². The summed E-state index contributed by atoms with van der Waals surface area (Å²) in [6.45, 7) is 2.74. The minimum atomic E-state index is -0.0178. The molecule has 2 aromatic rings. The fourth-order valence-corrected chi connectivity index (χ4v) is 3.88. The van der Waals surface area contributed by atoms with Gasteiger partial charge in [-0.1, -0.05) is 24.3 Å². The Kier molecular flexibility index (Phi) is 5.43. The van der Waals surface area contributed by atoms with Crippen molar-refractivity contribution in [2.75, 3.05) is 50.1 Å². The van der Waals surface area contributed by atoms with Crippen LogP contribution in [0.5, 0.6) is 5.75 Å². The normalized spacial score (nSPS) is 16.5. The van der Waals surface area contributed by atoms with Crippen LogP contribution in [-0.4, -0.2) is 57.1 Å². The Bertz CT molecular complexity index is 902. The zero-order valence-corrected chi connectivity index (χ0v) is 17.0. The maximum atomic E-state index is 13.2. The molecule has 0 spiro atoms. The third kappa shape index (κ3) is 3.92. The molecule has 2 fully saturated rings. The van der Waals surface area contributed by atoms with Gasteiger partial charge in [-0.05, 0) is 37.1 Å². The van der Waals surface area contributed by atoms with Gasteiger partial charge < -0.3 is 19.4 Å². The number of carbonyl (C=O) groups excluding carboxylic acids is 2. The van der Waals surface area contributed by atoms with Crippen molar-refractivity contribution in [3.05, 3.63) is 54.1 Å². The Morgan fingerprint density at radius 2 is 1.62 bits per heavy atom. The van der Waals surface area contributed by atoms with E-state index in [4.69, 9.17) is 4.74 Å². The lowest BCUT2D eigenvalue weighted by atomic mass is 10.1. The number of hydrogen-bond acceptors (Lipinski definition) is 4. The molecule has 1 saturated carbocycles. The third-order valence-corrected chi connectivity index (χ3v) is 5.75. The summed E-state index contributed by atoms with van der Waals surface area (Å²) in [4.78, 5) is 31.5. The van der Waals surface area contributed by atoms with E-state index in [0.29, 0.717) is 24.3 Å². The molecule has 0 unspecified atom stereocenters. The van der Waals surface area contributed by atoms with Gasteiger partial charge in [0.05, 0.1) is 24.0 Å². The molecule has 0 atom stereocenters. The van der Waals surface area contributed by atoms with Gasteiger partial charge in [-0.15, -0.1) is 0 Å². The molecule has 29 heavy (non-hydrogen) atoms. The number of hydrogen-bond donors (Lipinski definition) is 0. The van der Waals surface area contributed by atoms with Gasteiger partial charge in [0.1, 0.15) is 5.75 Å². The molecule has 0 aromatic heterocycles. The smallest absolute Gasteiger partial charge is 0.256 e. The summed E-state index contributed by atoms with van der Waals surface area (Å²) >= 11 is 0. The van der Waals surface area contributed by atoms with Crippen molar-refractivity contribution in [3.8, 4) is 5.75 Å². The van der Waals surface area contributed by atoms with Gasteiger partial charge in [-0.3, -0.25) is 9.59 Å². The van der Waals surface area contributed by atoms with Crippen LogP contribution in [0.3, 0.4) is 0 Å². The van der Waals surface area contributed by atoms with Gasteiger partial charge >= 0.3 is 0 Å². The molecule has 1 aliphatic heterocycles. The van der Waals surface area contributed by atoms with Crippen LogP contribution in [0.25, 0.3) is 0 Å². The van der Waals surface area contributed by atoms with Crippen molar-refractivity contribution in [1.82, 2.24) is 4.90 Å². The standard InChI is InChI=1S/C23H27N3O3/c1-24(22(27)17-11-12-17)19-8-4-3-7-18(19)23(28)26-15-13-25(14-16-26)20-9-5-6-10-21(20)29-2/h3-10,17H,11-16H2,1-2H3. The third-order valence-electron chi connectivity index (χ3n) is 5.75. The summed E-state index contributed by atoms with van der Waals surface area (Å²) in [5.74, 6) is 1.05. The first-order chi connectivity index (χ1) is 14.1. The average Bonchev–Trinajstić information content (AvgIpc) is 3.63. The second-order valence-corrected chi connectivity index (χ2v) is 7.64. The van der Waals surface area contributed by atoms with E-state index >= 15 is 0 Å². The highest BCUT2D eigenvalue weighted by molar-refractivity contribution is 6.05. The van der Waals surface area contributed by atoms with Gasteiger partial charge in [0.2, 0.25) is 5.91 Å². The molecule has 0 bridgehead atoms. The predicted molar refractivity (Wildman–Crippen MR) is 114 cm³/mol. The Balaban J connectivity index is 1.47. The van der Waals surface area contributed by atoms with Crippen LogP contribution in [0.1, 0.15) is 23.2 Å². The second kappa shape index (κ2) is 8.15. The number of ether oxygens (including phenoxy) is 1. The molecule has 1 heterocycles. The van der Waals surface area contributed by atoms with E-state index in [9.17, 15) is 9.59 Å². The average molecular weight is 393 g/mol. The van der Waals surface area contributed by atoms with E-state index in [-0.39, 0.29) is 17.7 Å². The van der Waals surface area contributed by atoms with E-state index in [0.717, 1.165) is 37.4 Å². The summed E-state index contributed by atoms with van der Waals surface area (Å²) in [6.07, 6.45) is 1.90. The molecule has 1 saturated heterocycles. The van der Waals surface area contributed by atoms with Crippen LogP contribution in [0, 0.1) is 5.92 Å². The Hall–Kier alpha value is -3.02. The molecule has 2 aromatic carbocycles. The Morgan fingerprint density at radius 3 is 2.31 bits per heavy atom. The van der Waals surface area contributed by atoms with Crippen molar-refractivity contribution in [3.63, 3.8) is 0 Å². The van der Waals surface area contributed by atoms with Crippen molar-refractivity contribution in [2.24, 2.45) is 5.92 Å². The number of rotatable bonds is 5. The number of piperazine rings is 1. The van der Waals surface area contributed by atoms with Crippen molar-refractivity contribution in [2.45, 2.75) is 12.8 Å². The second-order valence-electron chi connectivity index (χ2n) is 7.64. The van der Waals surface area contributed by atoms with Crippen LogP contribution in [0.4, 0.5) is 11.4 Å². The zero-order chi connectivity index (χ0) is 20.4. The number of carbonyl (C=O) groups is 2. The maximum absolute atomic E-state index is 13.2. The number of para-hydroxylation sites is 3.